The first kappa shape index (κ1) is 12.1. The Labute approximate surface area is 109 Å². The van der Waals surface area contributed by atoms with Gasteiger partial charge in [-0.25, -0.2) is 9.97 Å². The highest BCUT2D eigenvalue weighted by atomic mass is 79.9. The van der Waals surface area contributed by atoms with Crippen molar-refractivity contribution in [2.75, 3.05) is 16.8 Å². The standard InChI is InChI=1S/C11H15BrClN3/c12-5-6-16(9-3-1-2-4-9)11-10(13)7-14-8-15-11/h7-9H,1-6H2. The minimum Gasteiger partial charge on any atom is -0.351 e. The Hall–Kier alpha value is -0.350. The summed E-state index contributed by atoms with van der Waals surface area (Å²) in [5, 5.41) is 1.58. The van der Waals surface area contributed by atoms with Crippen LogP contribution in [0.15, 0.2) is 12.5 Å². The molecule has 0 aliphatic heterocycles. The first-order valence-corrected chi connectivity index (χ1v) is 7.11. The highest BCUT2D eigenvalue weighted by Crippen LogP contribution is 2.30. The van der Waals surface area contributed by atoms with Crippen LogP contribution in [0.1, 0.15) is 25.7 Å². The minimum absolute atomic E-state index is 0.588. The number of halogens is 2. The molecule has 0 atom stereocenters. The molecule has 2 rings (SSSR count). The third kappa shape index (κ3) is 2.66. The van der Waals surface area contributed by atoms with Crippen LogP contribution in [0.2, 0.25) is 5.02 Å². The van der Waals surface area contributed by atoms with Crippen LogP contribution < -0.4 is 4.90 Å². The smallest absolute Gasteiger partial charge is 0.151 e. The highest BCUT2D eigenvalue weighted by Gasteiger charge is 2.24. The number of anilines is 1. The van der Waals surface area contributed by atoms with Crippen molar-refractivity contribution in [2.45, 2.75) is 31.7 Å². The van der Waals surface area contributed by atoms with E-state index in [4.69, 9.17) is 11.6 Å². The molecule has 1 aromatic rings. The van der Waals surface area contributed by atoms with E-state index < -0.39 is 0 Å². The molecule has 16 heavy (non-hydrogen) atoms. The van der Waals surface area contributed by atoms with Crippen LogP contribution in [-0.2, 0) is 0 Å². The van der Waals surface area contributed by atoms with Crippen LogP contribution in [0.3, 0.4) is 0 Å². The van der Waals surface area contributed by atoms with E-state index in [1.54, 1.807) is 12.5 Å². The summed E-state index contributed by atoms with van der Waals surface area (Å²) in [5.41, 5.74) is 0. The molecule has 0 amide bonds. The molecule has 3 nitrogen and oxygen atoms in total. The largest absolute Gasteiger partial charge is 0.351 e. The third-order valence-corrected chi connectivity index (χ3v) is 3.63. The average molecular weight is 305 g/mol. The maximum absolute atomic E-state index is 6.15. The van der Waals surface area contributed by atoms with Crippen LogP contribution in [0.4, 0.5) is 5.82 Å². The monoisotopic (exact) mass is 303 g/mol. The van der Waals surface area contributed by atoms with Gasteiger partial charge in [0.15, 0.2) is 5.82 Å². The molecule has 0 spiro atoms. The number of hydrogen-bond donors (Lipinski definition) is 0. The molecule has 1 aromatic heterocycles. The summed E-state index contributed by atoms with van der Waals surface area (Å²) in [6, 6.07) is 0.588. The fraction of sp³-hybridized carbons (Fsp3) is 0.636. The molecule has 1 aliphatic rings. The number of alkyl halides is 1. The number of nitrogens with zero attached hydrogens (tertiary/aromatic N) is 3. The Morgan fingerprint density at radius 2 is 2.19 bits per heavy atom. The third-order valence-electron chi connectivity index (χ3n) is 3.01. The lowest BCUT2D eigenvalue weighted by atomic mass is 10.2. The molecule has 1 heterocycles. The van der Waals surface area contributed by atoms with Crippen LogP contribution in [0.25, 0.3) is 0 Å². The van der Waals surface area contributed by atoms with Crippen molar-refractivity contribution in [3.05, 3.63) is 17.5 Å². The van der Waals surface area contributed by atoms with Crippen molar-refractivity contribution in [3.8, 4) is 0 Å². The van der Waals surface area contributed by atoms with Gasteiger partial charge in [-0.3, -0.25) is 0 Å². The van der Waals surface area contributed by atoms with Gasteiger partial charge >= 0.3 is 0 Å². The Kier molecular flexibility index (Phi) is 4.41. The van der Waals surface area contributed by atoms with Gasteiger partial charge in [0.05, 0.1) is 6.20 Å². The molecule has 0 unspecified atom stereocenters. The Morgan fingerprint density at radius 1 is 1.44 bits per heavy atom. The summed E-state index contributed by atoms with van der Waals surface area (Å²) in [7, 11) is 0. The van der Waals surface area contributed by atoms with E-state index in [1.165, 1.54) is 25.7 Å². The molecule has 5 heteroatoms. The lowest BCUT2D eigenvalue weighted by Gasteiger charge is -2.29. The van der Waals surface area contributed by atoms with Crippen molar-refractivity contribution in [3.63, 3.8) is 0 Å². The van der Waals surface area contributed by atoms with Gasteiger partial charge in [0, 0.05) is 17.9 Å². The van der Waals surface area contributed by atoms with E-state index in [1.807, 2.05) is 0 Å². The van der Waals surface area contributed by atoms with Crippen molar-refractivity contribution in [1.82, 2.24) is 9.97 Å². The summed E-state index contributed by atoms with van der Waals surface area (Å²) < 4.78 is 0. The molecule has 1 fully saturated rings. The summed E-state index contributed by atoms with van der Waals surface area (Å²) in [6.07, 6.45) is 8.34. The lowest BCUT2D eigenvalue weighted by molar-refractivity contribution is 0.615. The normalized spacial score (nSPS) is 16.6. The first-order valence-electron chi connectivity index (χ1n) is 5.61. The fourth-order valence-corrected chi connectivity index (χ4v) is 2.88. The molecular formula is C11H15BrClN3. The van der Waals surface area contributed by atoms with E-state index in [0.717, 1.165) is 17.7 Å². The first-order chi connectivity index (χ1) is 7.83. The quantitative estimate of drug-likeness (QED) is 0.799. The van der Waals surface area contributed by atoms with Crippen molar-refractivity contribution >= 4 is 33.3 Å². The van der Waals surface area contributed by atoms with Crippen LogP contribution >= 0.6 is 27.5 Å². The second-order valence-corrected chi connectivity index (χ2v) is 5.22. The van der Waals surface area contributed by atoms with E-state index in [2.05, 4.69) is 30.8 Å². The van der Waals surface area contributed by atoms with Crippen LogP contribution in [-0.4, -0.2) is 27.9 Å². The number of hydrogen-bond acceptors (Lipinski definition) is 3. The maximum Gasteiger partial charge on any atom is 0.151 e. The minimum atomic E-state index is 0.588. The summed E-state index contributed by atoms with van der Waals surface area (Å²) >= 11 is 9.64. The van der Waals surface area contributed by atoms with E-state index in [0.29, 0.717) is 11.1 Å². The second kappa shape index (κ2) is 5.82. The van der Waals surface area contributed by atoms with Gasteiger partial charge in [0.1, 0.15) is 11.3 Å². The van der Waals surface area contributed by atoms with Gasteiger partial charge < -0.3 is 4.90 Å². The maximum atomic E-state index is 6.15. The summed E-state index contributed by atoms with van der Waals surface area (Å²) in [5.74, 6) is 0.878. The van der Waals surface area contributed by atoms with Gasteiger partial charge in [-0.15, -0.1) is 0 Å². The van der Waals surface area contributed by atoms with E-state index in [9.17, 15) is 0 Å². The molecule has 88 valence electrons. The van der Waals surface area contributed by atoms with Crippen LogP contribution in [0.5, 0.6) is 0 Å². The summed E-state index contributed by atoms with van der Waals surface area (Å²) in [4.78, 5) is 10.5. The predicted molar refractivity (Wildman–Crippen MR) is 70.4 cm³/mol. The Bertz CT molecular complexity index is 342. The van der Waals surface area contributed by atoms with Crippen molar-refractivity contribution in [2.24, 2.45) is 0 Å². The van der Waals surface area contributed by atoms with Crippen molar-refractivity contribution in [1.29, 1.82) is 0 Å². The molecule has 1 aliphatic carbocycles. The SMILES string of the molecule is Clc1cncnc1N(CCBr)C1CCCC1. The molecule has 0 saturated heterocycles. The zero-order chi connectivity index (χ0) is 11.4. The second-order valence-electron chi connectivity index (χ2n) is 4.01. The van der Waals surface area contributed by atoms with Gasteiger partial charge in [-0.1, -0.05) is 40.4 Å². The molecule has 0 N–H and O–H groups in total. The number of rotatable bonds is 4. The van der Waals surface area contributed by atoms with Gasteiger partial charge in [0.2, 0.25) is 0 Å². The van der Waals surface area contributed by atoms with Gasteiger partial charge in [-0.2, -0.15) is 0 Å². The van der Waals surface area contributed by atoms with E-state index >= 15 is 0 Å². The molecule has 0 radical (unpaired) electrons. The topological polar surface area (TPSA) is 29.0 Å². The van der Waals surface area contributed by atoms with Gasteiger partial charge in [0.25, 0.3) is 0 Å². The van der Waals surface area contributed by atoms with Crippen LogP contribution in [0, 0.1) is 0 Å². The zero-order valence-corrected chi connectivity index (χ0v) is 11.4. The molecule has 0 bridgehead atoms. The lowest BCUT2D eigenvalue weighted by Crippen LogP contribution is -2.35. The molecular weight excluding hydrogens is 289 g/mol. The average Bonchev–Trinajstić information content (AvgIpc) is 2.80. The van der Waals surface area contributed by atoms with Gasteiger partial charge in [-0.05, 0) is 12.8 Å². The zero-order valence-electron chi connectivity index (χ0n) is 9.07. The van der Waals surface area contributed by atoms with E-state index in [-0.39, 0.29) is 0 Å². The number of aromatic nitrogens is 2. The predicted octanol–water partition coefficient (Wildman–Crippen LogP) is 3.27. The molecule has 0 aromatic carbocycles. The summed E-state index contributed by atoms with van der Waals surface area (Å²) in [6.45, 7) is 0.946. The fourth-order valence-electron chi connectivity index (χ4n) is 2.29. The Balaban J connectivity index is 2.21. The highest BCUT2D eigenvalue weighted by molar-refractivity contribution is 9.09. The molecule has 1 saturated carbocycles. The Morgan fingerprint density at radius 3 is 2.81 bits per heavy atom. The van der Waals surface area contributed by atoms with Crippen molar-refractivity contribution < 1.29 is 0 Å².